The average Bonchev–Trinajstić information content (AvgIpc) is 3.01. The molecule has 0 spiro atoms. The molecule has 1 amide bonds. The molecule has 1 aromatic heterocycles. The maximum Gasteiger partial charge on any atom is 0.250 e. The monoisotopic (exact) mass is 367 g/mol. The molecule has 0 unspecified atom stereocenters. The summed E-state index contributed by atoms with van der Waals surface area (Å²) in [6.07, 6.45) is 1.47. The molecule has 0 saturated heterocycles. The van der Waals surface area contributed by atoms with E-state index in [0.29, 0.717) is 10.7 Å². The Kier molecular flexibility index (Phi) is 5.65. The van der Waals surface area contributed by atoms with Crippen molar-refractivity contribution in [1.82, 2.24) is 20.2 Å². The number of carbonyl (C=O) groups is 1. The van der Waals surface area contributed by atoms with Crippen LogP contribution in [-0.2, 0) is 11.8 Å². The van der Waals surface area contributed by atoms with Gasteiger partial charge in [0.2, 0.25) is 0 Å². The van der Waals surface area contributed by atoms with Crippen LogP contribution >= 0.6 is 11.8 Å². The van der Waals surface area contributed by atoms with E-state index in [-0.39, 0.29) is 17.4 Å². The molecule has 0 fully saturated rings. The van der Waals surface area contributed by atoms with Crippen LogP contribution in [0.4, 0.5) is 0 Å². The van der Waals surface area contributed by atoms with Gasteiger partial charge in [0.05, 0.1) is 12.0 Å². The molecular formula is C18H17N5O2S. The minimum absolute atomic E-state index is 0.146. The van der Waals surface area contributed by atoms with Gasteiger partial charge >= 0.3 is 0 Å². The number of nitrogens with one attached hydrogen (secondary N) is 1. The number of amides is 1. The van der Waals surface area contributed by atoms with Crippen LogP contribution in [-0.4, -0.2) is 37.7 Å². The minimum Gasteiger partial charge on any atom is -0.508 e. The number of phenols is 1. The Bertz CT molecular complexity index is 924. The zero-order valence-electron chi connectivity index (χ0n) is 14.0. The molecule has 0 saturated carbocycles. The van der Waals surface area contributed by atoms with E-state index in [0.717, 1.165) is 11.4 Å². The van der Waals surface area contributed by atoms with E-state index < -0.39 is 0 Å². The first-order chi connectivity index (χ1) is 12.6. The summed E-state index contributed by atoms with van der Waals surface area (Å²) in [7, 11) is 1.86. The third-order valence-electron chi connectivity index (χ3n) is 3.47. The first kappa shape index (κ1) is 17.7. The van der Waals surface area contributed by atoms with Crippen molar-refractivity contribution in [2.75, 3.05) is 5.75 Å². The SMILES string of the molecule is Cn1c(SCC(=O)N/N=C/c2cccc(O)c2)nnc1-c1ccccc1. The normalized spacial score (nSPS) is 11.0. The fraction of sp³-hybridized carbons (Fsp3) is 0.111. The predicted molar refractivity (Wildman–Crippen MR) is 101 cm³/mol. The van der Waals surface area contributed by atoms with Gasteiger partial charge in [0.15, 0.2) is 11.0 Å². The van der Waals surface area contributed by atoms with Crippen molar-refractivity contribution < 1.29 is 9.90 Å². The topological polar surface area (TPSA) is 92.4 Å². The van der Waals surface area contributed by atoms with Gasteiger partial charge in [0.25, 0.3) is 5.91 Å². The van der Waals surface area contributed by atoms with Crippen LogP contribution in [0.2, 0.25) is 0 Å². The van der Waals surface area contributed by atoms with E-state index in [2.05, 4.69) is 20.7 Å². The molecule has 0 aliphatic heterocycles. The summed E-state index contributed by atoms with van der Waals surface area (Å²) in [5.41, 5.74) is 4.11. The Balaban J connectivity index is 1.54. The summed E-state index contributed by atoms with van der Waals surface area (Å²) in [6, 6.07) is 16.3. The summed E-state index contributed by atoms with van der Waals surface area (Å²) in [4.78, 5) is 11.9. The van der Waals surface area contributed by atoms with Crippen LogP contribution in [0.15, 0.2) is 64.9 Å². The summed E-state index contributed by atoms with van der Waals surface area (Å²) in [6.45, 7) is 0. The quantitative estimate of drug-likeness (QED) is 0.397. The number of hydrogen-bond donors (Lipinski definition) is 2. The number of aromatic nitrogens is 3. The highest BCUT2D eigenvalue weighted by Crippen LogP contribution is 2.22. The van der Waals surface area contributed by atoms with Crippen molar-refractivity contribution in [3.05, 3.63) is 60.2 Å². The summed E-state index contributed by atoms with van der Waals surface area (Å²) in [5, 5.41) is 22.2. The van der Waals surface area contributed by atoms with Crippen molar-refractivity contribution in [2.24, 2.45) is 12.1 Å². The molecule has 0 aliphatic rings. The number of nitrogens with zero attached hydrogens (tertiary/aromatic N) is 4. The number of benzene rings is 2. The fourth-order valence-electron chi connectivity index (χ4n) is 2.23. The molecule has 3 rings (SSSR count). The minimum atomic E-state index is -0.254. The highest BCUT2D eigenvalue weighted by atomic mass is 32.2. The van der Waals surface area contributed by atoms with Crippen molar-refractivity contribution in [1.29, 1.82) is 0 Å². The van der Waals surface area contributed by atoms with E-state index in [1.54, 1.807) is 24.3 Å². The van der Waals surface area contributed by atoms with Gasteiger partial charge in [0, 0.05) is 12.6 Å². The molecule has 0 bridgehead atoms. The van der Waals surface area contributed by atoms with Crippen LogP contribution in [0.5, 0.6) is 5.75 Å². The molecule has 7 nitrogen and oxygen atoms in total. The Morgan fingerprint density at radius 2 is 2.04 bits per heavy atom. The summed E-state index contributed by atoms with van der Waals surface area (Å²) < 4.78 is 1.85. The second kappa shape index (κ2) is 8.30. The van der Waals surface area contributed by atoms with E-state index in [1.807, 2.05) is 41.9 Å². The molecule has 8 heteroatoms. The number of carbonyl (C=O) groups excluding carboxylic acids is 1. The van der Waals surface area contributed by atoms with Gasteiger partial charge in [-0.1, -0.05) is 54.2 Å². The third-order valence-corrected chi connectivity index (χ3v) is 4.49. The number of rotatable bonds is 6. The molecule has 0 aliphatic carbocycles. The predicted octanol–water partition coefficient (Wildman–Crippen LogP) is 2.43. The smallest absolute Gasteiger partial charge is 0.250 e. The van der Waals surface area contributed by atoms with Crippen molar-refractivity contribution in [2.45, 2.75) is 5.16 Å². The van der Waals surface area contributed by atoms with Crippen molar-refractivity contribution in [3.8, 4) is 17.1 Å². The molecule has 2 aromatic carbocycles. The first-order valence-electron chi connectivity index (χ1n) is 7.82. The number of hydrazone groups is 1. The van der Waals surface area contributed by atoms with E-state index in [9.17, 15) is 9.90 Å². The van der Waals surface area contributed by atoms with Gasteiger partial charge in [-0.15, -0.1) is 10.2 Å². The van der Waals surface area contributed by atoms with Crippen LogP contribution in [0.1, 0.15) is 5.56 Å². The second-order valence-electron chi connectivity index (χ2n) is 5.41. The molecule has 3 aromatic rings. The molecular weight excluding hydrogens is 350 g/mol. The summed E-state index contributed by atoms with van der Waals surface area (Å²) >= 11 is 1.28. The molecule has 2 N–H and O–H groups in total. The number of thioether (sulfide) groups is 1. The number of aromatic hydroxyl groups is 1. The van der Waals surface area contributed by atoms with Crippen LogP contribution < -0.4 is 5.43 Å². The highest BCUT2D eigenvalue weighted by molar-refractivity contribution is 7.99. The first-order valence-corrected chi connectivity index (χ1v) is 8.80. The Labute approximate surface area is 154 Å². The Morgan fingerprint density at radius 1 is 1.23 bits per heavy atom. The van der Waals surface area contributed by atoms with Gasteiger partial charge in [0.1, 0.15) is 5.75 Å². The molecule has 132 valence electrons. The van der Waals surface area contributed by atoms with E-state index in [4.69, 9.17) is 0 Å². The van der Waals surface area contributed by atoms with Crippen LogP contribution in [0.25, 0.3) is 11.4 Å². The lowest BCUT2D eigenvalue weighted by Gasteiger charge is -2.03. The van der Waals surface area contributed by atoms with Gasteiger partial charge in [-0.3, -0.25) is 4.79 Å². The number of phenolic OH excluding ortho intramolecular Hbond substituents is 1. The zero-order chi connectivity index (χ0) is 18.4. The molecule has 0 atom stereocenters. The van der Waals surface area contributed by atoms with Gasteiger partial charge in [-0.25, -0.2) is 5.43 Å². The lowest BCUT2D eigenvalue weighted by atomic mass is 10.2. The Morgan fingerprint density at radius 3 is 2.81 bits per heavy atom. The second-order valence-corrected chi connectivity index (χ2v) is 6.35. The van der Waals surface area contributed by atoms with E-state index in [1.165, 1.54) is 18.0 Å². The zero-order valence-corrected chi connectivity index (χ0v) is 14.8. The van der Waals surface area contributed by atoms with Gasteiger partial charge < -0.3 is 9.67 Å². The largest absolute Gasteiger partial charge is 0.508 e. The third kappa shape index (κ3) is 4.48. The lowest BCUT2D eigenvalue weighted by Crippen LogP contribution is -2.19. The number of hydrogen-bond acceptors (Lipinski definition) is 6. The van der Waals surface area contributed by atoms with Crippen LogP contribution in [0.3, 0.4) is 0 Å². The molecule has 1 heterocycles. The Hall–Kier alpha value is -3.13. The molecule has 0 radical (unpaired) electrons. The lowest BCUT2D eigenvalue weighted by molar-refractivity contribution is -0.118. The standard InChI is InChI=1S/C18H17N5O2S/c1-23-17(14-7-3-2-4-8-14)21-22-18(23)26-12-16(25)20-19-11-13-6-5-9-15(24)10-13/h2-11,24H,12H2,1H3,(H,20,25)/b19-11+. The molecule has 26 heavy (non-hydrogen) atoms. The maximum atomic E-state index is 11.9. The van der Waals surface area contributed by atoms with E-state index >= 15 is 0 Å². The highest BCUT2D eigenvalue weighted by Gasteiger charge is 2.12. The van der Waals surface area contributed by atoms with Crippen molar-refractivity contribution in [3.63, 3.8) is 0 Å². The van der Waals surface area contributed by atoms with Crippen molar-refractivity contribution >= 4 is 23.9 Å². The van der Waals surface area contributed by atoms with Gasteiger partial charge in [-0.2, -0.15) is 5.10 Å². The fourth-order valence-corrected chi connectivity index (χ4v) is 2.93. The summed E-state index contributed by atoms with van der Waals surface area (Å²) in [5.74, 6) is 0.802. The van der Waals surface area contributed by atoms with Gasteiger partial charge in [-0.05, 0) is 17.7 Å². The maximum absolute atomic E-state index is 11.9. The van der Waals surface area contributed by atoms with Crippen LogP contribution in [0, 0.1) is 0 Å². The average molecular weight is 367 g/mol.